The fourth-order valence-electron chi connectivity index (χ4n) is 4.03. The molecule has 27 heavy (non-hydrogen) atoms. The van der Waals surface area contributed by atoms with Crippen molar-refractivity contribution >= 4 is 16.7 Å². The van der Waals surface area contributed by atoms with Crippen LogP contribution in [0.5, 0.6) is 0 Å². The van der Waals surface area contributed by atoms with E-state index in [2.05, 4.69) is 30.0 Å². The van der Waals surface area contributed by atoms with Crippen LogP contribution in [0.3, 0.4) is 0 Å². The SMILES string of the molecule is C/C=C(\C)C1CCN(CCCCc2c(N=O)ccc3oc(=O)ccc23)CC1. The Labute approximate surface area is 160 Å². The molecule has 0 aliphatic carbocycles. The minimum absolute atomic E-state index is 0.378. The summed E-state index contributed by atoms with van der Waals surface area (Å²) in [6.45, 7) is 7.78. The zero-order valence-corrected chi connectivity index (χ0v) is 16.2. The van der Waals surface area contributed by atoms with Gasteiger partial charge in [-0.3, -0.25) is 0 Å². The van der Waals surface area contributed by atoms with Gasteiger partial charge in [0.05, 0.1) is 0 Å². The number of nitrogens with zero attached hydrogens (tertiary/aromatic N) is 2. The third kappa shape index (κ3) is 4.72. The predicted octanol–water partition coefficient (Wildman–Crippen LogP) is 5.19. The standard InChI is InChI=1S/C22H28N2O3/c1-3-16(2)17-11-14-24(15-12-17)13-5-4-6-18-19-7-10-22(25)27-21(19)9-8-20(18)23-26/h3,7-10,17H,4-6,11-15H2,1-2H3/b16-3+. The molecule has 1 aromatic heterocycles. The number of hydrogen-bond acceptors (Lipinski definition) is 5. The Morgan fingerprint density at radius 2 is 2.00 bits per heavy atom. The molecule has 0 bridgehead atoms. The fraction of sp³-hybridized carbons (Fsp3) is 0.500. The van der Waals surface area contributed by atoms with E-state index in [1.54, 1.807) is 18.2 Å². The van der Waals surface area contributed by atoms with Gasteiger partial charge in [0.15, 0.2) is 0 Å². The van der Waals surface area contributed by atoms with E-state index in [-0.39, 0.29) is 5.63 Å². The Kier molecular flexibility index (Phi) is 6.56. The van der Waals surface area contributed by atoms with E-state index in [4.69, 9.17) is 4.42 Å². The van der Waals surface area contributed by atoms with Gasteiger partial charge in [-0.1, -0.05) is 11.6 Å². The maximum atomic E-state index is 11.4. The summed E-state index contributed by atoms with van der Waals surface area (Å²) in [7, 11) is 0. The Bertz CT molecular complexity index is 877. The first kappa shape index (κ1) is 19.5. The lowest BCUT2D eigenvalue weighted by atomic mass is 9.90. The van der Waals surface area contributed by atoms with Crippen molar-refractivity contribution in [2.24, 2.45) is 11.1 Å². The molecule has 1 aliphatic heterocycles. The largest absolute Gasteiger partial charge is 0.423 e. The highest BCUT2D eigenvalue weighted by Crippen LogP contribution is 2.29. The van der Waals surface area contributed by atoms with E-state index in [0.717, 1.165) is 55.8 Å². The van der Waals surface area contributed by atoms with Crippen LogP contribution in [0.2, 0.25) is 0 Å². The van der Waals surface area contributed by atoms with Crippen LogP contribution >= 0.6 is 0 Å². The van der Waals surface area contributed by atoms with Gasteiger partial charge in [0.2, 0.25) is 0 Å². The van der Waals surface area contributed by atoms with Crippen LogP contribution < -0.4 is 5.63 Å². The number of rotatable bonds is 7. The number of unbranched alkanes of at least 4 members (excludes halogenated alkanes) is 1. The van der Waals surface area contributed by atoms with Crippen LogP contribution in [0.25, 0.3) is 11.0 Å². The first-order valence-electron chi connectivity index (χ1n) is 9.86. The predicted molar refractivity (Wildman–Crippen MR) is 109 cm³/mol. The lowest BCUT2D eigenvalue weighted by Gasteiger charge is -2.32. The lowest BCUT2D eigenvalue weighted by Crippen LogP contribution is -2.34. The Balaban J connectivity index is 1.55. The summed E-state index contributed by atoms with van der Waals surface area (Å²) in [5, 5.41) is 3.97. The number of aryl methyl sites for hydroxylation is 1. The zero-order chi connectivity index (χ0) is 19.2. The molecule has 3 rings (SSSR count). The van der Waals surface area contributed by atoms with Crippen LogP contribution in [0.15, 0.2) is 50.3 Å². The molecule has 2 aromatic rings. The maximum absolute atomic E-state index is 11.4. The molecule has 0 N–H and O–H groups in total. The Morgan fingerprint density at radius 1 is 1.22 bits per heavy atom. The van der Waals surface area contributed by atoms with Gasteiger partial charge in [0.25, 0.3) is 0 Å². The summed E-state index contributed by atoms with van der Waals surface area (Å²) in [5.41, 5.74) is 2.99. The molecular formula is C22H28N2O3. The second kappa shape index (κ2) is 9.09. The van der Waals surface area contributed by atoms with Gasteiger partial charge in [0.1, 0.15) is 11.3 Å². The van der Waals surface area contributed by atoms with Crippen molar-refractivity contribution < 1.29 is 4.42 Å². The molecule has 1 aromatic carbocycles. The zero-order valence-electron chi connectivity index (χ0n) is 16.2. The Morgan fingerprint density at radius 3 is 2.70 bits per heavy atom. The summed E-state index contributed by atoms with van der Waals surface area (Å²) < 4.78 is 5.23. The molecule has 0 unspecified atom stereocenters. The highest BCUT2D eigenvalue weighted by Gasteiger charge is 2.19. The van der Waals surface area contributed by atoms with Crippen molar-refractivity contribution in [2.45, 2.75) is 46.0 Å². The third-order valence-electron chi connectivity index (χ3n) is 5.83. The first-order chi connectivity index (χ1) is 13.1. The molecule has 5 heteroatoms. The number of allylic oxidation sites excluding steroid dienone is 2. The summed E-state index contributed by atoms with van der Waals surface area (Å²) in [4.78, 5) is 25.1. The fourth-order valence-corrected chi connectivity index (χ4v) is 4.03. The molecule has 0 spiro atoms. The number of piperidine rings is 1. The number of nitroso groups, excluding NO2 is 1. The van der Waals surface area contributed by atoms with Gasteiger partial charge in [-0.05, 0) is 100 Å². The van der Waals surface area contributed by atoms with Gasteiger partial charge >= 0.3 is 5.63 Å². The van der Waals surface area contributed by atoms with Crippen molar-refractivity contribution in [3.05, 3.63) is 56.8 Å². The minimum Gasteiger partial charge on any atom is -0.423 e. The smallest absolute Gasteiger partial charge is 0.336 e. The van der Waals surface area contributed by atoms with E-state index in [1.807, 2.05) is 0 Å². The van der Waals surface area contributed by atoms with Crippen molar-refractivity contribution in [3.8, 4) is 0 Å². The van der Waals surface area contributed by atoms with Crippen LogP contribution in [0.4, 0.5) is 5.69 Å². The highest BCUT2D eigenvalue weighted by molar-refractivity contribution is 5.85. The number of hydrogen-bond donors (Lipinski definition) is 0. The van der Waals surface area contributed by atoms with Crippen molar-refractivity contribution in [1.29, 1.82) is 0 Å². The van der Waals surface area contributed by atoms with E-state index >= 15 is 0 Å². The second-order valence-corrected chi connectivity index (χ2v) is 7.43. The topological polar surface area (TPSA) is 62.9 Å². The molecule has 1 saturated heterocycles. The van der Waals surface area contributed by atoms with Crippen molar-refractivity contribution in [1.82, 2.24) is 4.90 Å². The van der Waals surface area contributed by atoms with E-state index < -0.39 is 0 Å². The molecule has 1 aliphatic rings. The van der Waals surface area contributed by atoms with E-state index in [1.165, 1.54) is 24.5 Å². The lowest BCUT2D eigenvalue weighted by molar-refractivity contribution is 0.195. The van der Waals surface area contributed by atoms with Crippen LogP contribution in [-0.4, -0.2) is 24.5 Å². The average molecular weight is 368 g/mol. The van der Waals surface area contributed by atoms with Crippen molar-refractivity contribution in [3.63, 3.8) is 0 Å². The summed E-state index contributed by atoms with van der Waals surface area (Å²) in [5.74, 6) is 0.748. The number of benzene rings is 1. The van der Waals surface area contributed by atoms with Crippen molar-refractivity contribution in [2.75, 3.05) is 19.6 Å². The van der Waals surface area contributed by atoms with Crippen LogP contribution in [0, 0.1) is 10.8 Å². The molecule has 0 amide bonds. The molecule has 1 fully saturated rings. The summed E-state index contributed by atoms with van der Waals surface area (Å²) >= 11 is 0. The molecule has 2 heterocycles. The van der Waals surface area contributed by atoms with E-state index in [0.29, 0.717) is 11.3 Å². The number of fused-ring (bicyclic) bond motifs is 1. The molecule has 5 nitrogen and oxygen atoms in total. The second-order valence-electron chi connectivity index (χ2n) is 7.43. The van der Waals surface area contributed by atoms with Crippen LogP contribution in [0.1, 0.15) is 45.1 Å². The van der Waals surface area contributed by atoms with Gasteiger partial charge in [-0.15, -0.1) is 4.91 Å². The quantitative estimate of drug-likeness (QED) is 0.292. The summed E-state index contributed by atoms with van der Waals surface area (Å²) in [6.07, 6.45) is 7.56. The third-order valence-corrected chi connectivity index (χ3v) is 5.83. The maximum Gasteiger partial charge on any atom is 0.336 e. The molecule has 144 valence electrons. The normalized spacial score (nSPS) is 16.7. The number of likely N-dealkylation sites (tertiary alicyclic amines) is 1. The monoisotopic (exact) mass is 368 g/mol. The van der Waals surface area contributed by atoms with Crippen LogP contribution in [-0.2, 0) is 6.42 Å². The summed E-state index contributed by atoms with van der Waals surface area (Å²) in [6, 6.07) is 6.42. The van der Waals surface area contributed by atoms with E-state index in [9.17, 15) is 9.70 Å². The van der Waals surface area contributed by atoms with Gasteiger partial charge in [-0.2, -0.15) is 0 Å². The van der Waals surface area contributed by atoms with Gasteiger partial charge in [-0.25, -0.2) is 4.79 Å². The average Bonchev–Trinajstić information content (AvgIpc) is 2.70. The first-order valence-corrected chi connectivity index (χ1v) is 9.86. The van der Waals surface area contributed by atoms with Gasteiger partial charge in [0, 0.05) is 11.5 Å². The molecule has 0 radical (unpaired) electrons. The minimum atomic E-state index is -0.378. The van der Waals surface area contributed by atoms with Gasteiger partial charge < -0.3 is 9.32 Å². The highest BCUT2D eigenvalue weighted by atomic mass is 16.4. The molecular weight excluding hydrogens is 340 g/mol. The Hall–Kier alpha value is -2.27. The molecule has 0 saturated carbocycles. The molecule has 0 atom stereocenters.